The molecule has 1 rings (SSSR count). The van der Waals surface area contributed by atoms with Crippen LogP contribution >= 0.6 is 15.9 Å². The topological polar surface area (TPSA) is 48.1 Å². The van der Waals surface area contributed by atoms with Gasteiger partial charge >= 0.3 is 0 Å². The highest BCUT2D eigenvalue weighted by atomic mass is 79.9. The molecule has 0 fully saturated rings. The quantitative estimate of drug-likeness (QED) is 0.750. The number of methoxy groups -OCH3 is 1. The van der Waals surface area contributed by atoms with E-state index in [1.165, 1.54) is 0 Å². The molecule has 0 amide bonds. The average molecular weight is 203 g/mol. The van der Waals surface area contributed by atoms with Crippen LogP contribution in [0.1, 0.15) is 0 Å². The summed E-state index contributed by atoms with van der Waals surface area (Å²) in [5, 5.41) is 0. The second kappa shape index (κ2) is 2.88. The lowest BCUT2D eigenvalue weighted by atomic mass is 10.4. The summed E-state index contributed by atoms with van der Waals surface area (Å²) in [4.78, 5) is 3.84. The van der Waals surface area contributed by atoms with E-state index in [1.807, 2.05) is 0 Å². The first-order valence-corrected chi connectivity index (χ1v) is 3.48. The smallest absolute Gasteiger partial charge is 0.138 e. The molecular formula is C6H7BrN2O. The molecule has 0 aliphatic heterocycles. The molecule has 0 aromatic carbocycles. The van der Waals surface area contributed by atoms with Gasteiger partial charge in [0.25, 0.3) is 0 Å². The molecule has 0 aliphatic rings. The van der Waals surface area contributed by atoms with Gasteiger partial charge in [-0.2, -0.15) is 0 Å². The van der Waals surface area contributed by atoms with Gasteiger partial charge in [-0.15, -0.1) is 0 Å². The van der Waals surface area contributed by atoms with E-state index in [1.54, 1.807) is 19.4 Å². The Balaban J connectivity index is 3.09. The number of pyridine rings is 1. The van der Waals surface area contributed by atoms with Crippen LogP contribution in [0.25, 0.3) is 0 Å². The molecule has 0 spiro atoms. The summed E-state index contributed by atoms with van der Waals surface area (Å²) in [6.07, 6.45) is 1.61. The summed E-state index contributed by atoms with van der Waals surface area (Å²) in [5.41, 5.74) is 5.39. The fraction of sp³-hybridized carbons (Fsp3) is 0.167. The van der Waals surface area contributed by atoms with Gasteiger partial charge in [-0.3, -0.25) is 0 Å². The van der Waals surface area contributed by atoms with Crippen LogP contribution < -0.4 is 10.5 Å². The minimum Gasteiger partial charge on any atom is -0.495 e. The van der Waals surface area contributed by atoms with E-state index in [4.69, 9.17) is 10.5 Å². The van der Waals surface area contributed by atoms with Gasteiger partial charge in [0.15, 0.2) is 0 Å². The van der Waals surface area contributed by atoms with E-state index in [-0.39, 0.29) is 0 Å². The van der Waals surface area contributed by atoms with E-state index in [2.05, 4.69) is 20.9 Å². The number of nitrogens with two attached hydrogens (primary N) is 1. The molecule has 4 heteroatoms. The van der Waals surface area contributed by atoms with Crippen molar-refractivity contribution < 1.29 is 4.74 Å². The minimum absolute atomic E-state index is 0.458. The largest absolute Gasteiger partial charge is 0.495 e. The second-order valence-electron chi connectivity index (χ2n) is 1.74. The molecule has 10 heavy (non-hydrogen) atoms. The monoisotopic (exact) mass is 202 g/mol. The van der Waals surface area contributed by atoms with Crippen molar-refractivity contribution in [2.45, 2.75) is 0 Å². The number of rotatable bonds is 1. The zero-order valence-corrected chi connectivity index (χ0v) is 7.05. The molecule has 1 aromatic heterocycles. The first kappa shape index (κ1) is 7.34. The Morgan fingerprint density at radius 2 is 2.40 bits per heavy atom. The predicted octanol–water partition coefficient (Wildman–Crippen LogP) is 1.43. The van der Waals surface area contributed by atoms with Gasteiger partial charge < -0.3 is 10.5 Å². The highest BCUT2D eigenvalue weighted by Crippen LogP contribution is 2.24. The second-order valence-corrected chi connectivity index (χ2v) is 2.60. The highest BCUT2D eigenvalue weighted by Gasteiger charge is 1.98. The van der Waals surface area contributed by atoms with Crippen LogP contribution in [0.3, 0.4) is 0 Å². The number of hydrogen-bond acceptors (Lipinski definition) is 3. The fourth-order valence-electron chi connectivity index (χ4n) is 0.592. The minimum atomic E-state index is 0.458. The standard InChI is InChI=1S/C6H7BrN2O/c1-10-5-2-6(8)9-3-4(5)7/h2-3H,1H3,(H2,8,9). The Morgan fingerprint density at radius 1 is 1.70 bits per heavy atom. The number of anilines is 1. The third kappa shape index (κ3) is 1.39. The lowest BCUT2D eigenvalue weighted by molar-refractivity contribution is 0.412. The molecule has 1 heterocycles. The summed E-state index contributed by atoms with van der Waals surface area (Å²) in [7, 11) is 1.58. The van der Waals surface area contributed by atoms with E-state index in [0.29, 0.717) is 11.6 Å². The van der Waals surface area contributed by atoms with Crippen LogP contribution in [0.5, 0.6) is 5.75 Å². The van der Waals surface area contributed by atoms with Gasteiger partial charge in [-0.1, -0.05) is 0 Å². The Kier molecular flexibility index (Phi) is 2.11. The molecule has 0 atom stereocenters. The third-order valence-electron chi connectivity index (χ3n) is 1.06. The molecule has 0 aliphatic carbocycles. The van der Waals surface area contributed by atoms with Crippen molar-refractivity contribution in [3.8, 4) is 5.75 Å². The van der Waals surface area contributed by atoms with Gasteiger partial charge in [-0.05, 0) is 15.9 Å². The molecule has 2 N–H and O–H groups in total. The molecule has 1 aromatic rings. The summed E-state index contributed by atoms with van der Waals surface area (Å²) in [6.45, 7) is 0. The lowest BCUT2D eigenvalue weighted by Gasteiger charge is -2.01. The number of nitrogens with zero attached hydrogens (tertiary/aromatic N) is 1. The van der Waals surface area contributed by atoms with E-state index >= 15 is 0 Å². The lowest BCUT2D eigenvalue weighted by Crippen LogP contribution is -1.91. The van der Waals surface area contributed by atoms with Crippen molar-refractivity contribution in [2.24, 2.45) is 0 Å². The first-order valence-electron chi connectivity index (χ1n) is 2.69. The van der Waals surface area contributed by atoms with Crippen LogP contribution in [0, 0.1) is 0 Å². The number of halogens is 1. The summed E-state index contributed by atoms with van der Waals surface area (Å²) >= 11 is 3.25. The molecule has 0 radical (unpaired) electrons. The van der Waals surface area contributed by atoms with Crippen LogP contribution in [0.2, 0.25) is 0 Å². The first-order chi connectivity index (χ1) is 4.74. The van der Waals surface area contributed by atoms with Crippen LogP contribution in [-0.2, 0) is 0 Å². The maximum absolute atomic E-state index is 5.39. The molecule has 54 valence electrons. The van der Waals surface area contributed by atoms with Crippen LogP contribution in [0.15, 0.2) is 16.7 Å². The predicted molar refractivity (Wildman–Crippen MR) is 42.9 cm³/mol. The van der Waals surface area contributed by atoms with Gasteiger partial charge in [-0.25, -0.2) is 4.98 Å². The third-order valence-corrected chi connectivity index (χ3v) is 1.66. The highest BCUT2D eigenvalue weighted by molar-refractivity contribution is 9.10. The number of hydrogen-bond donors (Lipinski definition) is 1. The summed E-state index contributed by atoms with van der Waals surface area (Å²) in [6, 6.07) is 1.66. The van der Waals surface area contributed by atoms with Crippen molar-refractivity contribution in [1.82, 2.24) is 4.98 Å². The Morgan fingerprint density at radius 3 is 2.90 bits per heavy atom. The molecule has 0 saturated heterocycles. The fourth-order valence-corrected chi connectivity index (χ4v) is 0.970. The van der Waals surface area contributed by atoms with Crippen molar-refractivity contribution in [2.75, 3.05) is 12.8 Å². The zero-order chi connectivity index (χ0) is 7.56. The van der Waals surface area contributed by atoms with Crippen molar-refractivity contribution in [3.63, 3.8) is 0 Å². The number of nitrogen functional groups attached to an aromatic ring is 1. The van der Waals surface area contributed by atoms with Gasteiger partial charge in [0.1, 0.15) is 11.6 Å². The zero-order valence-electron chi connectivity index (χ0n) is 5.47. The molecule has 0 bridgehead atoms. The van der Waals surface area contributed by atoms with Gasteiger partial charge in [0, 0.05) is 12.3 Å². The van der Waals surface area contributed by atoms with Crippen molar-refractivity contribution in [1.29, 1.82) is 0 Å². The average Bonchev–Trinajstić information content (AvgIpc) is 1.94. The summed E-state index contributed by atoms with van der Waals surface area (Å²) in [5.74, 6) is 1.16. The van der Waals surface area contributed by atoms with Gasteiger partial charge in [0.2, 0.25) is 0 Å². The normalized spacial score (nSPS) is 9.40. The Bertz CT molecular complexity index is 239. The van der Waals surface area contributed by atoms with E-state index < -0.39 is 0 Å². The van der Waals surface area contributed by atoms with Gasteiger partial charge in [0.05, 0.1) is 11.6 Å². The maximum atomic E-state index is 5.39. The Labute approximate surface area is 67.3 Å². The van der Waals surface area contributed by atoms with Crippen LogP contribution in [-0.4, -0.2) is 12.1 Å². The molecular weight excluding hydrogens is 196 g/mol. The maximum Gasteiger partial charge on any atom is 0.138 e. The molecule has 0 unspecified atom stereocenters. The van der Waals surface area contributed by atoms with E-state index in [9.17, 15) is 0 Å². The SMILES string of the molecule is COc1cc(N)ncc1Br. The van der Waals surface area contributed by atoms with E-state index in [0.717, 1.165) is 4.47 Å². The number of aromatic nitrogens is 1. The molecule has 0 saturated carbocycles. The van der Waals surface area contributed by atoms with Crippen LogP contribution in [0.4, 0.5) is 5.82 Å². The summed E-state index contributed by atoms with van der Waals surface area (Å²) < 4.78 is 5.77. The Hall–Kier alpha value is -0.770. The van der Waals surface area contributed by atoms with Crippen molar-refractivity contribution >= 4 is 21.7 Å². The number of ether oxygens (including phenoxy) is 1. The van der Waals surface area contributed by atoms with Crippen molar-refractivity contribution in [3.05, 3.63) is 16.7 Å². The molecule has 3 nitrogen and oxygen atoms in total.